The number of imidazole rings is 1. The van der Waals surface area contributed by atoms with Gasteiger partial charge in [0.25, 0.3) is 0 Å². The molecule has 2 amide bonds. The number of para-hydroxylation sites is 2. The predicted molar refractivity (Wildman–Crippen MR) is 130 cm³/mol. The summed E-state index contributed by atoms with van der Waals surface area (Å²) in [5.41, 5.74) is 3.63. The van der Waals surface area contributed by atoms with Gasteiger partial charge in [-0.25, -0.2) is 4.98 Å². The molecular formula is C25H30N4O2S. The summed E-state index contributed by atoms with van der Waals surface area (Å²) in [5.74, 6) is 0.241. The zero-order valence-corrected chi connectivity index (χ0v) is 19.7. The van der Waals surface area contributed by atoms with E-state index in [0.717, 1.165) is 41.5 Å². The van der Waals surface area contributed by atoms with Crippen LogP contribution < -0.4 is 5.32 Å². The Labute approximate surface area is 193 Å². The summed E-state index contributed by atoms with van der Waals surface area (Å²) >= 11 is 1.36. The van der Waals surface area contributed by atoms with Gasteiger partial charge in [-0.15, -0.1) is 0 Å². The van der Waals surface area contributed by atoms with Gasteiger partial charge >= 0.3 is 0 Å². The summed E-state index contributed by atoms with van der Waals surface area (Å²) < 4.78 is 1.95. The van der Waals surface area contributed by atoms with Gasteiger partial charge in [-0.1, -0.05) is 36.0 Å². The molecule has 0 unspecified atom stereocenters. The van der Waals surface area contributed by atoms with Gasteiger partial charge in [0.2, 0.25) is 11.8 Å². The third kappa shape index (κ3) is 4.99. The number of nitrogens with zero attached hydrogens (tertiary/aromatic N) is 3. The summed E-state index contributed by atoms with van der Waals surface area (Å²) in [7, 11) is 0. The molecule has 1 aliphatic heterocycles. The van der Waals surface area contributed by atoms with Gasteiger partial charge in [0.1, 0.15) is 6.54 Å². The lowest BCUT2D eigenvalue weighted by Gasteiger charge is -2.39. The van der Waals surface area contributed by atoms with E-state index in [2.05, 4.69) is 19.2 Å². The Hall–Kier alpha value is -2.80. The number of anilines is 1. The summed E-state index contributed by atoms with van der Waals surface area (Å²) in [5, 5.41) is 3.63. The average Bonchev–Trinajstić information content (AvgIpc) is 3.09. The molecule has 0 aliphatic carbocycles. The zero-order chi connectivity index (χ0) is 22.7. The number of nitrogens with one attached hydrogen (secondary N) is 1. The van der Waals surface area contributed by atoms with Crippen LogP contribution in [0.3, 0.4) is 0 Å². The Morgan fingerprint density at radius 1 is 1.09 bits per heavy atom. The SMILES string of the molecule is Cc1cccc(NC(=O)CSc2nc3ccccc3n2CC(=O)N2[C@H](C)CCC[C@@H]2C)c1. The van der Waals surface area contributed by atoms with Crippen molar-refractivity contribution in [2.45, 2.75) is 63.8 Å². The van der Waals surface area contributed by atoms with Gasteiger partial charge in [0.15, 0.2) is 5.16 Å². The molecule has 4 rings (SSSR count). The molecule has 1 aliphatic rings. The standard InChI is InChI=1S/C25H30N4O2S/c1-17-8-6-11-20(14-17)26-23(30)16-32-25-27-21-12-4-5-13-22(21)28(25)15-24(31)29-18(2)9-7-10-19(29)3/h4-6,8,11-14,18-19H,7,9-10,15-16H2,1-3H3,(H,26,30)/t18-,19+. The van der Waals surface area contributed by atoms with Gasteiger partial charge in [-0.2, -0.15) is 0 Å². The second-order valence-corrected chi connectivity index (χ2v) is 9.55. The van der Waals surface area contributed by atoms with Crippen LogP contribution in [0, 0.1) is 6.92 Å². The van der Waals surface area contributed by atoms with E-state index in [0.29, 0.717) is 5.16 Å². The van der Waals surface area contributed by atoms with Crippen LogP contribution in [0.15, 0.2) is 53.7 Å². The van der Waals surface area contributed by atoms with Crippen molar-refractivity contribution < 1.29 is 9.59 Å². The molecule has 6 nitrogen and oxygen atoms in total. The highest BCUT2D eigenvalue weighted by molar-refractivity contribution is 7.99. The molecule has 0 bridgehead atoms. The van der Waals surface area contributed by atoms with Crippen molar-refractivity contribution in [1.29, 1.82) is 0 Å². The minimum atomic E-state index is -0.0937. The maximum atomic E-state index is 13.3. The number of hydrogen-bond acceptors (Lipinski definition) is 4. The van der Waals surface area contributed by atoms with Gasteiger partial charge in [-0.05, 0) is 69.9 Å². The number of hydrogen-bond donors (Lipinski definition) is 1. The number of carbonyl (C=O) groups excluding carboxylic acids is 2. The quantitative estimate of drug-likeness (QED) is 0.545. The highest BCUT2D eigenvalue weighted by atomic mass is 32.2. The van der Waals surface area contributed by atoms with Crippen LogP contribution in [0.4, 0.5) is 5.69 Å². The van der Waals surface area contributed by atoms with Crippen LogP contribution in [0.5, 0.6) is 0 Å². The van der Waals surface area contributed by atoms with Crippen molar-refractivity contribution in [3.63, 3.8) is 0 Å². The van der Waals surface area contributed by atoms with Crippen molar-refractivity contribution in [2.75, 3.05) is 11.1 Å². The summed E-state index contributed by atoms with van der Waals surface area (Å²) in [6.07, 6.45) is 3.25. The van der Waals surface area contributed by atoms with E-state index < -0.39 is 0 Å². The van der Waals surface area contributed by atoms with E-state index in [9.17, 15) is 9.59 Å². The molecule has 168 valence electrons. The second-order valence-electron chi connectivity index (χ2n) is 8.61. The first-order chi connectivity index (χ1) is 15.4. The Morgan fingerprint density at radius 2 is 1.84 bits per heavy atom. The number of likely N-dealkylation sites (tertiary alicyclic amines) is 1. The van der Waals surface area contributed by atoms with Crippen LogP contribution >= 0.6 is 11.8 Å². The minimum Gasteiger partial charge on any atom is -0.336 e. The molecule has 0 saturated carbocycles. The average molecular weight is 451 g/mol. The molecule has 2 aromatic carbocycles. The number of aryl methyl sites for hydroxylation is 1. The lowest BCUT2D eigenvalue weighted by Crippen LogP contribution is -2.48. The van der Waals surface area contributed by atoms with E-state index in [4.69, 9.17) is 4.98 Å². The van der Waals surface area contributed by atoms with Crippen LogP contribution in [0.2, 0.25) is 0 Å². The van der Waals surface area contributed by atoms with Crippen LogP contribution in [0.1, 0.15) is 38.7 Å². The van der Waals surface area contributed by atoms with Gasteiger partial charge in [0, 0.05) is 17.8 Å². The van der Waals surface area contributed by atoms with E-state index in [1.165, 1.54) is 11.8 Å². The first kappa shape index (κ1) is 22.4. The molecule has 0 radical (unpaired) electrons. The summed E-state index contributed by atoms with van der Waals surface area (Å²) in [6, 6.07) is 16.1. The number of amides is 2. The lowest BCUT2D eigenvalue weighted by molar-refractivity contribution is -0.138. The van der Waals surface area contributed by atoms with Crippen molar-refractivity contribution in [3.05, 3.63) is 54.1 Å². The number of fused-ring (bicyclic) bond motifs is 1. The molecular weight excluding hydrogens is 420 g/mol. The first-order valence-corrected chi connectivity index (χ1v) is 12.2. The van der Waals surface area contributed by atoms with E-state index in [-0.39, 0.29) is 36.2 Å². The maximum absolute atomic E-state index is 13.3. The monoisotopic (exact) mass is 450 g/mol. The van der Waals surface area contributed by atoms with Gasteiger partial charge in [-0.3, -0.25) is 9.59 Å². The molecule has 1 fully saturated rings. The fraction of sp³-hybridized carbons (Fsp3) is 0.400. The summed E-state index contributed by atoms with van der Waals surface area (Å²) in [6.45, 7) is 6.49. The Morgan fingerprint density at radius 3 is 2.59 bits per heavy atom. The number of benzene rings is 2. The van der Waals surface area contributed by atoms with E-state index in [1.807, 2.05) is 64.9 Å². The Kier molecular flexibility index (Phi) is 6.84. The van der Waals surface area contributed by atoms with Crippen molar-refractivity contribution in [2.24, 2.45) is 0 Å². The molecule has 2 atom stereocenters. The predicted octanol–water partition coefficient (Wildman–Crippen LogP) is 4.87. The van der Waals surface area contributed by atoms with Crippen LogP contribution in [-0.2, 0) is 16.1 Å². The van der Waals surface area contributed by atoms with Crippen LogP contribution in [-0.4, -0.2) is 44.1 Å². The van der Waals surface area contributed by atoms with Crippen molar-refractivity contribution >= 4 is 40.3 Å². The molecule has 1 N–H and O–H groups in total. The lowest BCUT2D eigenvalue weighted by atomic mass is 9.97. The van der Waals surface area contributed by atoms with Gasteiger partial charge in [0.05, 0.1) is 16.8 Å². The maximum Gasteiger partial charge on any atom is 0.243 e. The minimum absolute atomic E-state index is 0.0937. The third-order valence-electron chi connectivity index (χ3n) is 6.03. The highest BCUT2D eigenvalue weighted by Crippen LogP contribution is 2.27. The molecule has 7 heteroatoms. The number of thioether (sulfide) groups is 1. The molecule has 1 saturated heterocycles. The topological polar surface area (TPSA) is 67.2 Å². The van der Waals surface area contributed by atoms with E-state index >= 15 is 0 Å². The Bertz CT molecular complexity index is 1120. The fourth-order valence-corrected chi connectivity index (χ4v) is 5.31. The molecule has 32 heavy (non-hydrogen) atoms. The molecule has 0 spiro atoms. The Balaban J connectivity index is 1.51. The largest absolute Gasteiger partial charge is 0.336 e. The number of carbonyl (C=O) groups is 2. The van der Waals surface area contributed by atoms with Crippen LogP contribution in [0.25, 0.3) is 11.0 Å². The number of rotatable bonds is 6. The summed E-state index contributed by atoms with van der Waals surface area (Å²) in [4.78, 5) is 32.6. The second kappa shape index (κ2) is 9.77. The molecule has 1 aromatic heterocycles. The first-order valence-electron chi connectivity index (χ1n) is 11.2. The van der Waals surface area contributed by atoms with Gasteiger partial charge < -0.3 is 14.8 Å². The van der Waals surface area contributed by atoms with Crippen molar-refractivity contribution in [3.8, 4) is 0 Å². The van der Waals surface area contributed by atoms with E-state index in [1.54, 1.807) is 0 Å². The van der Waals surface area contributed by atoms with Crippen molar-refractivity contribution in [1.82, 2.24) is 14.5 Å². The number of aromatic nitrogens is 2. The fourth-order valence-electron chi connectivity index (χ4n) is 4.50. The third-order valence-corrected chi connectivity index (χ3v) is 7.01. The normalized spacial score (nSPS) is 18.7. The molecule has 2 heterocycles. The molecule has 3 aromatic rings. The number of piperidine rings is 1. The zero-order valence-electron chi connectivity index (χ0n) is 18.9. The highest BCUT2D eigenvalue weighted by Gasteiger charge is 2.29. The smallest absolute Gasteiger partial charge is 0.243 e.